The Morgan fingerprint density at radius 2 is 0.627 bits per heavy atom. The van der Waals surface area contributed by atoms with Gasteiger partial charge in [-0.15, -0.1) is 0 Å². The molecule has 0 aromatic rings. The van der Waals surface area contributed by atoms with Gasteiger partial charge in [0.25, 0.3) is 0 Å². The topological polar surface area (TPSA) is 69.6 Å². The minimum Gasteiger partial charge on any atom is -0.394 e. The van der Waals surface area contributed by atoms with Crippen molar-refractivity contribution < 1.29 is 15.0 Å². The van der Waals surface area contributed by atoms with Crippen LogP contribution in [0.3, 0.4) is 0 Å². The van der Waals surface area contributed by atoms with Gasteiger partial charge in [-0.25, -0.2) is 0 Å². The third kappa shape index (κ3) is 40.4. The maximum atomic E-state index is 12.4. The minimum absolute atomic E-state index is 0.0249. The van der Waals surface area contributed by atoms with Crippen LogP contribution in [0, 0.1) is 0 Å². The monoisotopic (exact) mass is 722 g/mol. The highest BCUT2D eigenvalue weighted by Gasteiger charge is 2.20. The van der Waals surface area contributed by atoms with Crippen LogP contribution in [-0.2, 0) is 4.79 Å². The van der Waals surface area contributed by atoms with E-state index in [4.69, 9.17) is 0 Å². The summed E-state index contributed by atoms with van der Waals surface area (Å²) in [6, 6.07) is -0.529. The number of hydrogen-bond donors (Lipinski definition) is 3. The Morgan fingerprint density at radius 1 is 0.392 bits per heavy atom. The maximum Gasteiger partial charge on any atom is 0.220 e. The van der Waals surface area contributed by atoms with E-state index in [-0.39, 0.29) is 12.5 Å². The Labute approximate surface area is 321 Å². The molecule has 4 nitrogen and oxygen atoms in total. The van der Waals surface area contributed by atoms with Crippen molar-refractivity contribution in [3.05, 3.63) is 0 Å². The van der Waals surface area contributed by atoms with Crippen LogP contribution in [0.2, 0.25) is 0 Å². The van der Waals surface area contributed by atoms with Gasteiger partial charge in [0.05, 0.1) is 18.8 Å². The number of unbranched alkanes of at least 4 members (excludes halogenated alkanes) is 37. The van der Waals surface area contributed by atoms with E-state index >= 15 is 0 Å². The number of rotatable bonds is 44. The van der Waals surface area contributed by atoms with Crippen LogP contribution in [0.4, 0.5) is 0 Å². The highest BCUT2D eigenvalue weighted by molar-refractivity contribution is 5.76. The summed E-state index contributed by atoms with van der Waals surface area (Å²) in [6.07, 6.45) is 53.4. The van der Waals surface area contributed by atoms with Crippen LogP contribution in [-0.4, -0.2) is 34.9 Å². The number of aliphatic hydroxyl groups excluding tert-OH is 2. The van der Waals surface area contributed by atoms with Gasteiger partial charge in [-0.05, 0) is 12.8 Å². The first-order valence-corrected chi connectivity index (χ1v) is 23.7. The number of carbonyl (C=O) groups is 1. The first kappa shape index (κ1) is 50.4. The van der Waals surface area contributed by atoms with Crippen LogP contribution < -0.4 is 5.32 Å². The molecule has 0 rings (SSSR count). The molecule has 0 saturated heterocycles. The summed E-state index contributed by atoms with van der Waals surface area (Å²) >= 11 is 0. The molecule has 0 aromatic carbocycles. The average Bonchev–Trinajstić information content (AvgIpc) is 3.13. The van der Waals surface area contributed by atoms with Crippen molar-refractivity contribution in [2.45, 2.75) is 289 Å². The zero-order valence-electron chi connectivity index (χ0n) is 35.2. The van der Waals surface area contributed by atoms with Crippen molar-refractivity contribution in [3.8, 4) is 0 Å². The van der Waals surface area contributed by atoms with Gasteiger partial charge in [0.1, 0.15) is 0 Å². The second-order valence-corrected chi connectivity index (χ2v) is 16.5. The van der Waals surface area contributed by atoms with Crippen molar-refractivity contribution in [3.63, 3.8) is 0 Å². The number of aliphatic hydroxyl groups is 2. The van der Waals surface area contributed by atoms with E-state index < -0.39 is 12.1 Å². The van der Waals surface area contributed by atoms with E-state index in [0.717, 1.165) is 25.7 Å². The standard InChI is InChI=1S/C47H95NO3/c1-3-5-7-9-11-13-15-17-19-20-21-22-23-24-25-26-27-28-29-31-33-35-37-39-41-43-47(51)48-45(44-49)46(50)42-40-38-36-34-32-30-18-16-14-12-10-8-6-4-2/h45-46,49-50H,3-44H2,1-2H3,(H,48,51)/t45-,46+/m0/s1. The molecule has 0 aromatic heterocycles. The van der Waals surface area contributed by atoms with Gasteiger partial charge in [-0.3, -0.25) is 4.79 Å². The molecular weight excluding hydrogens is 627 g/mol. The fourth-order valence-electron chi connectivity index (χ4n) is 7.72. The Bertz CT molecular complexity index is 655. The Kier molecular flexibility index (Phi) is 43.3. The summed E-state index contributed by atoms with van der Waals surface area (Å²) < 4.78 is 0. The zero-order chi connectivity index (χ0) is 37.1. The molecule has 2 atom stereocenters. The second-order valence-electron chi connectivity index (χ2n) is 16.5. The molecule has 0 spiro atoms. The lowest BCUT2D eigenvalue weighted by molar-refractivity contribution is -0.123. The van der Waals surface area contributed by atoms with Gasteiger partial charge in [-0.1, -0.05) is 258 Å². The molecule has 0 bridgehead atoms. The lowest BCUT2D eigenvalue weighted by Crippen LogP contribution is -2.45. The minimum atomic E-state index is -0.652. The molecule has 4 heteroatoms. The molecule has 1 amide bonds. The van der Waals surface area contributed by atoms with Crippen LogP contribution in [0.15, 0.2) is 0 Å². The predicted octanol–water partition coefficient (Wildman–Crippen LogP) is 14.9. The number of hydrogen-bond acceptors (Lipinski definition) is 3. The first-order chi connectivity index (χ1) is 25.2. The van der Waals surface area contributed by atoms with Crippen molar-refractivity contribution in [2.24, 2.45) is 0 Å². The van der Waals surface area contributed by atoms with Gasteiger partial charge >= 0.3 is 0 Å². The average molecular weight is 722 g/mol. The molecule has 0 fully saturated rings. The van der Waals surface area contributed by atoms with E-state index in [9.17, 15) is 15.0 Å². The van der Waals surface area contributed by atoms with Crippen molar-refractivity contribution in [1.29, 1.82) is 0 Å². The Balaban J connectivity index is 3.41. The summed E-state index contributed by atoms with van der Waals surface area (Å²) in [4.78, 5) is 12.4. The SMILES string of the molecule is CCCCCCCCCCCCCCCCCCCCCCCCCCCC(=O)N[C@@H](CO)[C@H](O)CCCCCCCCCCCCCCCC. The highest BCUT2D eigenvalue weighted by atomic mass is 16.3. The van der Waals surface area contributed by atoms with E-state index in [1.807, 2.05) is 0 Å². The van der Waals surface area contributed by atoms with Gasteiger partial charge in [0.15, 0.2) is 0 Å². The smallest absolute Gasteiger partial charge is 0.220 e. The molecule has 0 aliphatic heterocycles. The molecule has 306 valence electrons. The largest absolute Gasteiger partial charge is 0.394 e. The van der Waals surface area contributed by atoms with Crippen molar-refractivity contribution in [1.82, 2.24) is 5.32 Å². The number of nitrogens with one attached hydrogen (secondary N) is 1. The molecule has 3 N–H and O–H groups in total. The van der Waals surface area contributed by atoms with E-state index in [0.29, 0.717) is 12.8 Å². The van der Waals surface area contributed by atoms with E-state index in [2.05, 4.69) is 19.2 Å². The van der Waals surface area contributed by atoms with Crippen LogP contribution in [0.1, 0.15) is 277 Å². The summed E-state index contributed by atoms with van der Waals surface area (Å²) in [7, 11) is 0. The summed E-state index contributed by atoms with van der Waals surface area (Å²) in [5.74, 6) is -0.0249. The summed E-state index contributed by atoms with van der Waals surface area (Å²) in [6.45, 7) is 4.39. The zero-order valence-corrected chi connectivity index (χ0v) is 35.2. The quantitative estimate of drug-likeness (QED) is 0.0549. The van der Waals surface area contributed by atoms with Gasteiger partial charge in [-0.2, -0.15) is 0 Å². The van der Waals surface area contributed by atoms with E-state index in [1.165, 1.54) is 225 Å². The molecule has 51 heavy (non-hydrogen) atoms. The van der Waals surface area contributed by atoms with Crippen LogP contribution in [0.25, 0.3) is 0 Å². The van der Waals surface area contributed by atoms with Gasteiger partial charge < -0.3 is 15.5 Å². The van der Waals surface area contributed by atoms with E-state index in [1.54, 1.807) is 0 Å². The lowest BCUT2D eigenvalue weighted by atomic mass is 10.0. The normalized spacial score (nSPS) is 12.8. The third-order valence-electron chi connectivity index (χ3n) is 11.4. The predicted molar refractivity (Wildman–Crippen MR) is 226 cm³/mol. The van der Waals surface area contributed by atoms with Crippen LogP contribution >= 0.6 is 0 Å². The molecule has 0 saturated carbocycles. The molecule has 0 aliphatic rings. The fourth-order valence-corrected chi connectivity index (χ4v) is 7.72. The van der Waals surface area contributed by atoms with Gasteiger partial charge in [0.2, 0.25) is 5.91 Å². The van der Waals surface area contributed by atoms with Crippen molar-refractivity contribution >= 4 is 5.91 Å². The Hall–Kier alpha value is -0.610. The fraction of sp³-hybridized carbons (Fsp3) is 0.979. The maximum absolute atomic E-state index is 12.4. The number of carbonyl (C=O) groups excluding carboxylic acids is 1. The van der Waals surface area contributed by atoms with Gasteiger partial charge in [0, 0.05) is 6.42 Å². The molecule has 0 aliphatic carbocycles. The second kappa shape index (κ2) is 43.8. The Morgan fingerprint density at radius 3 is 0.882 bits per heavy atom. The first-order valence-electron chi connectivity index (χ1n) is 23.7. The molecule has 0 radical (unpaired) electrons. The van der Waals surface area contributed by atoms with Crippen LogP contribution in [0.5, 0.6) is 0 Å². The number of amides is 1. The molecule has 0 unspecified atom stereocenters. The summed E-state index contributed by atoms with van der Waals surface area (Å²) in [5.41, 5.74) is 0. The van der Waals surface area contributed by atoms with Crippen molar-refractivity contribution in [2.75, 3.05) is 6.61 Å². The highest BCUT2D eigenvalue weighted by Crippen LogP contribution is 2.17. The molecule has 0 heterocycles. The third-order valence-corrected chi connectivity index (χ3v) is 11.4. The molecular formula is C47H95NO3. The summed E-state index contributed by atoms with van der Waals surface area (Å²) in [5, 5.41) is 23.2. The lowest BCUT2D eigenvalue weighted by Gasteiger charge is -2.22.